The Morgan fingerprint density at radius 1 is 1.00 bits per heavy atom. The zero-order chi connectivity index (χ0) is 24.7. The summed E-state index contributed by atoms with van der Waals surface area (Å²) in [4.78, 5) is 25.4. The van der Waals surface area contributed by atoms with Crippen LogP contribution in [0.4, 0.5) is 11.4 Å². The maximum Gasteiger partial charge on any atom is 0.264 e. The van der Waals surface area contributed by atoms with Crippen molar-refractivity contribution in [2.24, 2.45) is 0 Å². The first-order valence-electron chi connectivity index (χ1n) is 10.8. The molecule has 2 heterocycles. The van der Waals surface area contributed by atoms with E-state index in [1.54, 1.807) is 12.1 Å². The Balaban J connectivity index is 1.51. The zero-order valence-corrected chi connectivity index (χ0v) is 19.8. The topological polar surface area (TPSA) is 111 Å². The lowest BCUT2D eigenvalue weighted by molar-refractivity contribution is 0.101. The van der Waals surface area contributed by atoms with Gasteiger partial charge in [0.05, 0.1) is 28.9 Å². The molecule has 1 amide bonds. The first kappa shape index (κ1) is 22.7. The number of rotatable bonds is 6. The summed E-state index contributed by atoms with van der Waals surface area (Å²) < 4.78 is 44.3. The van der Waals surface area contributed by atoms with E-state index in [-0.39, 0.29) is 40.0 Å². The quantitative estimate of drug-likeness (QED) is 0.521. The van der Waals surface area contributed by atoms with Gasteiger partial charge in [0.15, 0.2) is 17.3 Å². The van der Waals surface area contributed by atoms with Gasteiger partial charge in [0.2, 0.25) is 6.79 Å². The molecule has 0 aromatic heterocycles. The molecule has 3 aromatic carbocycles. The Morgan fingerprint density at radius 2 is 1.74 bits per heavy atom. The molecular weight excluding hydrogens is 472 g/mol. The maximum atomic E-state index is 13.5. The second-order valence-electron chi connectivity index (χ2n) is 8.08. The first-order valence-corrected chi connectivity index (χ1v) is 12.3. The van der Waals surface area contributed by atoms with Gasteiger partial charge in [-0.25, -0.2) is 8.42 Å². The van der Waals surface area contributed by atoms with E-state index in [1.807, 2.05) is 12.1 Å². The summed E-state index contributed by atoms with van der Waals surface area (Å²) in [5.74, 6) is 0.0659. The fourth-order valence-electron chi connectivity index (χ4n) is 4.24. The smallest absolute Gasteiger partial charge is 0.264 e. The predicted molar refractivity (Wildman–Crippen MR) is 128 cm³/mol. The summed E-state index contributed by atoms with van der Waals surface area (Å²) in [5, 5.41) is 2.69. The molecular formula is C25H22N2O7S. The first-order chi connectivity index (χ1) is 16.8. The Kier molecular flexibility index (Phi) is 5.60. The number of hydrogen-bond donors (Lipinski definition) is 1. The molecule has 0 fully saturated rings. The van der Waals surface area contributed by atoms with Gasteiger partial charge in [0, 0.05) is 18.2 Å². The van der Waals surface area contributed by atoms with Gasteiger partial charge < -0.3 is 19.5 Å². The number of amides is 1. The average molecular weight is 495 g/mol. The van der Waals surface area contributed by atoms with Crippen LogP contribution in [0.25, 0.3) is 0 Å². The van der Waals surface area contributed by atoms with Gasteiger partial charge in [0.1, 0.15) is 5.75 Å². The molecule has 0 unspecified atom stereocenters. The van der Waals surface area contributed by atoms with E-state index in [1.165, 1.54) is 48.7 Å². The van der Waals surface area contributed by atoms with Crippen molar-refractivity contribution < 1.29 is 32.2 Å². The Hall–Kier alpha value is -4.05. The number of para-hydroxylation sites is 1. The summed E-state index contributed by atoms with van der Waals surface area (Å²) in [6.45, 7) is 1.70. The molecule has 3 aromatic rings. The van der Waals surface area contributed by atoms with Crippen molar-refractivity contribution in [2.75, 3.05) is 30.1 Å². The SMILES string of the molecule is COc1ccc(S(=O)(=O)N2CCc3ccccc32)cc1C(=O)Nc1cc2c(cc1C(C)=O)OCO2. The van der Waals surface area contributed by atoms with Crippen LogP contribution in [-0.2, 0) is 16.4 Å². The highest BCUT2D eigenvalue weighted by Crippen LogP contribution is 2.38. The largest absolute Gasteiger partial charge is 0.496 e. The van der Waals surface area contributed by atoms with Crippen LogP contribution < -0.4 is 23.8 Å². The number of ether oxygens (including phenoxy) is 3. The molecule has 2 aliphatic heterocycles. The van der Waals surface area contributed by atoms with Crippen LogP contribution in [0.3, 0.4) is 0 Å². The molecule has 1 N–H and O–H groups in total. The highest BCUT2D eigenvalue weighted by Gasteiger charge is 2.32. The van der Waals surface area contributed by atoms with Gasteiger partial charge in [-0.2, -0.15) is 0 Å². The summed E-state index contributed by atoms with van der Waals surface area (Å²) in [6.07, 6.45) is 0.608. The fraction of sp³-hybridized carbons (Fsp3) is 0.200. The van der Waals surface area contributed by atoms with Crippen LogP contribution in [0.15, 0.2) is 59.5 Å². The number of sulfonamides is 1. The number of nitrogens with zero attached hydrogens (tertiary/aromatic N) is 1. The highest BCUT2D eigenvalue weighted by atomic mass is 32.2. The van der Waals surface area contributed by atoms with E-state index in [2.05, 4.69) is 5.32 Å². The van der Waals surface area contributed by atoms with Gasteiger partial charge in [-0.15, -0.1) is 0 Å². The van der Waals surface area contributed by atoms with Crippen LogP contribution in [0, 0.1) is 0 Å². The number of methoxy groups -OCH3 is 1. The minimum Gasteiger partial charge on any atom is -0.496 e. The van der Waals surface area contributed by atoms with E-state index in [0.717, 1.165) is 5.56 Å². The lowest BCUT2D eigenvalue weighted by Gasteiger charge is -2.20. The van der Waals surface area contributed by atoms with Crippen LogP contribution in [0.1, 0.15) is 33.2 Å². The van der Waals surface area contributed by atoms with E-state index >= 15 is 0 Å². The number of fused-ring (bicyclic) bond motifs is 2. The minimum absolute atomic E-state index is 0.00762. The Bertz CT molecular complexity index is 1470. The number of carbonyl (C=O) groups is 2. The number of nitrogens with one attached hydrogen (secondary N) is 1. The van der Waals surface area contributed by atoms with Gasteiger partial charge in [-0.05, 0) is 49.2 Å². The van der Waals surface area contributed by atoms with Crippen LogP contribution in [-0.4, -0.2) is 40.6 Å². The molecule has 0 aliphatic carbocycles. The minimum atomic E-state index is -3.93. The monoisotopic (exact) mass is 494 g/mol. The standard InChI is InChI=1S/C25H22N2O7S/c1-15(28)18-12-23-24(34-14-33-23)13-20(18)26-25(29)19-11-17(7-8-22(19)32-2)35(30,31)27-10-9-16-5-3-4-6-21(16)27/h3-8,11-13H,9-10,14H2,1-2H3,(H,26,29). The summed E-state index contributed by atoms with van der Waals surface area (Å²) in [6, 6.07) is 14.5. The summed E-state index contributed by atoms with van der Waals surface area (Å²) in [7, 11) is -2.54. The molecule has 0 saturated heterocycles. The van der Waals surface area contributed by atoms with Gasteiger partial charge in [0.25, 0.3) is 15.9 Å². The maximum absolute atomic E-state index is 13.5. The third-order valence-corrected chi connectivity index (χ3v) is 7.80. The van der Waals surface area contributed by atoms with E-state index in [9.17, 15) is 18.0 Å². The molecule has 0 saturated carbocycles. The van der Waals surface area contributed by atoms with E-state index in [0.29, 0.717) is 30.2 Å². The molecule has 0 spiro atoms. The third kappa shape index (κ3) is 3.95. The molecule has 0 radical (unpaired) electrons. The van der Waals surface area contributed by atoms with E-state index in [4.69, 9.17) is 14.2 Å². The number of carbonyl (C=O) groups excluding carboxylic acids is 2. The molecule has 5 rings (SSSR count). The van der Waals surface area contributed by atoms with Crippen LogP contribution >= 0.6 is 0 Å². The van der Waals surface area contributed by atoms with Crippen molar-refractivity contribution in [1.29, 1.82) is 0 Å². The van der Waals surface area contributed by atoms with Crippen molar-refractivity contribution in [3.8, 4) is 17.2 Å². The third-order valence-electron chi connectivity index (χ3n) is 5.99. The van der Waals surface area contributed by atoms with Crippen LogP contribution in [0.5, 0.6) is 17.2 Å². The van der Waals surface area contributed by atoms with Crippen molar-refractivity contribution in [3.63, 3.8) is 0 Å². The second-order valence-corrected chi connectivity index (χ2v) is 9.94. The zero-order valence-electron chi connectivity index (χ0n) is 19.0. The highest BCUT2D eigenvalue weighted by molar-refractivity contribution is 7.92. The average Bonchev–Trinajstić information content (AvgIpc) is 3.49. The molecule has 10 heteroatoms. The molecule has 180 valence electrons. The number of benzene rings is 3. The van der Waals surface area contributed by atoms with Crippen molar-refractivity contribution >= 4 is 33.1 Å². The number of anilines is 2. The van der Waals surface area contributed by atoms with Crippen molar-refractivity contribution in [2.45, 2.75) is 18.2 Å². The van der Waals surface area contributed by atoms with E-state index < -0.39 is 15.9 Å². The Labute approximate surface area is 202 Å². The normalized spacial score (nSPS) is 13.9. The van der Waals surface area contributed by atoms with Crippen molar-refractivity contribution in [1.82, 2.24) is 0 Å². The summed E-state index contributed by atoms with van der Waals surface area (Å²) in [5.41, 5.74) is 2.03. The number of hydrogen-bond acceptors (Lipinski definition) is 7. The fourth-order valence-corrected chi connectivity index (χ4v) is 5.77. The van der Waals surface area contributed by atoms with Gasteiger partial charge in [-0.1, -0.05) is 18.2 Å². The van der Waals surface area contributed by atoms with Crippen LogP contribution in [0.2, 0.25) is 0 Å². The lowest BCUT2D eigenvalue weighted by atomic mass is 10.1. The molecule has 0 atom stereocenters. The molecule has 2 aliphatic rings. The van der Waals surface area contributed by atoms with Gasteiger partial charge >= 0.3 is 0 Å². The predicted octanol–water partition coefficient (Wildman–Crippen LogP) is 3.63. The molecule has 0 bridgehead atoms. The number of Topliss-reactive ketones (excluding diaryl/α,β-unsaturated/α-hetero) is 1. The summed E-state index contributed by atoms with van der Waals surface area (Å²) >= 11 is 0. The molecule has 9 nitrogen and oxygen atoms in total. The second kappa shape index (κ2) is 8.62. The van der Waals surface area contributed by atoms with Gasteiger partial charge in [-0.3, -0.25) is 13.9 Å². The molecule has 35 heavy (non-hydrogen) atoms. The lowest BCUT2D eigenvalue weighted by Crippen LogP contribution is -2.29. The van der Waals surface area contributed by atoms with Crippen molar-refractivity contribution in [3.05, 3.63) is 71.3 Å². The Morgan fingerprint density at radius 3 is 2.49 bits per heavy atom. The number of ketones is 1.